The normalized spacial score (nSPS) is 9.90. The lowest BCUT2D eigenvalue weighted by Gasteiger charge is -2.13. The highest BCUT2D eigenvalue weighted by atomic mass is 16.3. The van der Waals surface area contributed by atoms with Crippen molar-refractivity contribution in [3.8, 4) is 0 Å². The third-order valence-corrected chi connectivity index (χ3v) is 2.13. The van der Waals surface area contributed by atoms with Crippen molar-refractivity contribution in [3.63, 3.8) is 0 Å². The molecular formula is C14H28N2O4. The molecule has 20 heavy (non-hydrogen) atoms. The van der Waals surface area contributed by atoms with Gasteiger partial charge in [0.05, 0.1) is 6.04 Å². The molecule has 0 aliphatic carbocycles. The molecule has 1 N–H and O–H groups in total. The van der Waals surface area contributed by atoms with Crippen LogP contribution < -0.4 is 5.32 Å². The second kappa shape index (κ2) is 17.4. The van der Waals surface area contributed by atoms with Crippen LogP contribution in [0.5, 0.6) is 0 Å². The van der Waals surface area contributed by atoms with Crippen LogP contribution >= 0.6 is 0 Å². The quantitative estimate of drug-likeness (QED) is 0.729. The summed E-state index contributed by atoms with van der Waals surface area (Å²) in [5.74, 6) is -1.14. The van der Waals surface area contributed by atoms with Crippen molar-refractivity contribution in [2.24, 2.45) is 5.18 Å². The number of hydrogen-bond donors (Lipinski definition) is 1. The van der Waals surface area contributed by atoms with Gasteiger partial charge in [0.15, 0.2) is 5.78 Å². The monoisotopic (exact) mass is 288 g/mol. The van der Waals surface area contributed by atoms with Gasteiger partial charge in [-0.15, -0.1) is 4.91 Å². The molecule has 0 heterocycles. The number of carbonyl (C=O) groups is 3. The van der Waals surface area contributed by atoms with Gasteiger partial charge in [0.1, 0.15) is 0 Å². The van der Waals surface area contributed by atoms with Crippen molar-refractivity contribution in [2.45, 2.75) is 73.3 Å². The Hall–Kier alpha value is -1.59. The number of ketones is 1. The van der Waals surface area contributed by atoms with Gasteiger partial charge in [-0.2, -0.15) is 0 Å². The largest absolute Gasteiger partial charge is 0.346 e. The molecule has 0 aliphatic rings. The molecule has 6 heteroatoms. The first-order valence-corrected chi connectivity index (χ1v) is 7.17. The third kappa shape index (κ3) is 14.5. The number of amides is 2. The standard InChI is InChI=1S/C10H16N2O4.2C2H6/c1-3-8(7(2)13)11-9(14)5-4-6-10(15)12-16;2*1-2/h8H,3-6H2,1-2H3,(H,11,14);2*1-2H3. The fourth-order valence-corrected chi connectivity index (χ4v) is 1.20. The fraction of sp³-hybridized carbons (Fsp3) is 0.786. The van der Waals surface area contributed by atoms with Crippen LogP contribution in [0.3, 0.4) is 0 Å². The summed E-state index contributed by atoms with van der Waals surface area (Å²) < 4.78 is 0. The summed E-state index contributed by atoms with van der Waals surface area (Å²) in [6, 6.07) is -0.465. The summed E-state index contributed by atoms with van der Waals surface area (Å²) in [5, 5.41) is 4.77. The topological polar surface area (TPSA) is 92.7 Å². The Morgan fingerprint density at radius 2 is 1.55 bits per heavy atom. The smallest absolute Gasteiger partial charge is 0.286 e. The second-order valence-corrected chi connectivity index (χ2v) is 3.48. The van der Waals surface area contributed by atoms with Gasteiger partial charge in [0.2, 0.25) is 5.91 Å². The summed E-state index contributed by atoms with van der Waals surface area (Å²) >= 11 is 0. The zero-order chi connectivity index (χ0) is 16.6. The maximum absolute atomic E-state index is 11.3. The molecule has 2 amide bonds. The summed E-state index contributed by atoms with van der Waals surface area (Å²) in [5.41, 5.74) is 0. The molecule has 1 atom stereocenters. The Kier molecular flexibility index (Phi) is 20.5. The molecule has 0 fully saturated rings. The second-order valence-electron chi connectivity index (χ2n) is 3.48. The Morgan fingerprint density at radius 3 is 1.90 bits per heavy atom. The SMILES string of the molecule is CC.CC.CCC(NC(=O)CCCC(=O)N=O)C(C)=O. The van der Waals surface area contributed by atoms with Crippen LogP contribution in [0, 0.1) is 4.91 Å². The van der Waals surface area contributed by atoms with E-state index in [0.29, 0.717) is 6.42 Å². The number of nitrogens with one attached hydrogen (secondary N) is 1. The van der Waals surface area contributed by atoms with E-state index in [1.807, 2.05) is 27.7 Å². The number of hydrogen-bond acceptors (Lipinski definition) is 4. The van der Waals surface area contributed by atoms with E-state index in [4.69, 9.17) is 0 Å². The maximum Gasteiger partial charge on any atom is 0.286 e. The lowest BCUT2D eigenvalue weighted by molar-refractivity contribution is -0.127. The van der Waals surface area contributed by atoms with Crippen LogP contribution in [0.15, 0.2) is 5.18 Å². The Morgan fingerprint density at radius 1 is 1.05 bits per heavy atom. The van der Waals surface area contributed by atoms with Gasteiger partial charge < -0.3 is 5.32 Å². The number of carbonyl (C=O) groups excluding carboxylic acids is 3. The zero-order valence-electron chi connectivity index (χ0n) is 13.5. The number of nitrogens with zero attached hydrogens (tertiary/aromatic N) is 1. The Labute approximate surface area is 121 Å². The van der Waals surface area contributed by atoms with Crippen LogP contribution in [-0.4, -0.2) is 23.6 Å². The molecule has 0 aromatic rings. The highest BCUT2D eigenvalue weighted by molar-refractivity contribution is 5.87. The van der Waals surface area contributed by atoms with Crippen LogP contribution in [0.25, 0.3) is 0 Å². The molecule has 0 saturated carbocycles. The number of rotatable bonds is 7. The molecular weight excluding hydrogens is 260 g/mol. The first-order chi connectivity index (χ1) is 9.51. The summed E-state index contributed by atoms with van der Waals surface area (Å²) in [6.07, 6.45) is 0.888. The Balaban J connectivity index is -0.000000656. The first-order valence-electron chi connectivity index (χ1n) is 7.17. The maximum atomic E-state index is 11.3. The molecule has 0 aromatic carbocycles. The fourth-order valence-electron chi connectivity index (χ4n) is 1.20. The van der Waals surface area contributed by atoms with Crippen molar-refractivity contribution < 1.29 is 14.4 Å². The highest BCUT2D eigenvalue weighted by Gasteiger charge is 2.14. The van der Waals surface area contributed by atoms with Crippen molar-refractivity contribution in [1.82, 2.24) is 5.32 Å². The number of Topliss-reactive ketones (excluding diaryl/α,β-unsaturated/α-hetero) is 1. The molecule has 0 bridgehead atoms. The molecule has 0 aliphatic heterocycles. The molecule has 6 nitrogen and oxygen atoms in total. The summed E-state index contributed by atoms with van der Waals surface area (Å²) in [6.45, 7) is 11.2. The van der Waals surface area contributed by atoms with Crippen molar-refractivity contribution in [3.05, 3.63) is 4.91 Å². The van der Waals surface area contributed by atoms with Crippen LogP contribution in [0.2, 0.25) is 0 Å². The molecule has 118 valence electrons. The summed E-state index contributed by atoms with van der Waals surface area (Å²) in [4.78, 5) is 42.6. The molecule has 0 aromatic heterocycles. The van der Waals surface area contributed by atoms with Gasteiger partial charge in [-0.3, -0.25) is 14.4 Å². The van der Waals surface area contributed by atoms with E-state index in [2.05, 4.69) is 10.5 Å². The van der Waals surface area contributed by atoms with Crippen LogP contribution in [0.4, 0.5) is 0 Å². The average molecular weight is 288 g/mol. The van der Waals surface area contributed by atoms with Gasteiger partial charge >= 0.3 is 0 Å². The van der Waals surface area contributed by atoms with Gasteiger partial charge in [0, 0.05) is 18.0 Å². The lowest BCUT2D eigenvalue weighted by Crippen LogP contribution is -2.39. The van der Waals surface area contributed by atoms with E-state index in [1.54, 1.807) is 6.92 Å². The lowest BCUT2D eigenvalue weighted by atomic mass is 10.1. The van der Waals surface area contributed by atoms with Gasteiger partial charge in [-0.1, -0.05) is 34.6 Å². The average Bonchev–Trinajstić information content (AvgIpc) is 2.48. The molecule has 0 rings (SSSR count). The van der Waals surface area contributed by atoms with E-state index < -0.39 is 11.9 Å². The predicted octanol–water partition coefficient (Wildman–Crippen LogP) is 2.99. The molecule has 0 spiro atoms. The zero-order valence-corrected chi connectivity index (χ0v) is 13.5. The van der Waals surface area contributed by atoms with Crippen molar-refractivity contribution >= 4 is 17.6 Å². The van der Waals surface area contributed by atoms with Gasteiger partial charge in [-0.25, -0.2) is 0 Å². The van der Waals surface area contributed by atoms with Crippen molar-refractivity contribution in [1.29, 1.82) is 0 Å². The molecule has 0 radical (unpaired) electrons. The third-order valence-electron chi connectivity index (χ3n) is 2.13. The van der Waals surface area contributed by atoms with E-state index in [-0.39, 0.29) is 31.0 Å². The van der Waals surface area contributed by atoms with E-state index in [1.165, 1.54) is 6.92 Å². The minimum Gasteiger partial charge on any atom is -0.346 e. The number of nitroso groups, excluding NO2 is 1. The van der Waals surface area contributed by atoms with Gasteiger partial charge in [-0.05, 0) is 19.8 Å². The minimum absolute atomic E-state index is 0.0339. The van der Waals surface area contributed by atoms with E-state index in [9.17, 15) is 19.3 Å². The van der Waals surface area contributed by atoms with E-state index >= 15 is 0 Å². The highest BCUT2D eigenvalue weighted by Crippen LogP contribution is 1.99. The molecule has 1 unspecified atom stereocenters. The van der Waals surface area contributed by atoms with Crippen LogP contribution in [0.1, 0.15) is 67.2 Å². The Bertz CT molecular complexity index is 291. The van der Waals surface area contributed by atoms with Crippen LogP contribution in [-0.2, 0) is 14.4 Å². The molecule has 0 saturated heterocycles. The summed E-state index contributed by atoms with van der Waals surface area (Å²) in [7, 11) is 0. The predicted molar refractivity (Wildman–Crippen MR) is 80.3 cm³/mol. The van der Waals surface area contributed by atoms with E-state index in [0.717, 1.165) is 0 Å². The van der Waals surface area contributed by atoms with Gasteiger partial charge in [0.25, 0.3) is 5.91 Å². The minimum atomic E-state index is -0.758. The van der Waals surface area contributed by atoms with Crippen molar-refractivity contribution in [2.75, 3.05) is 0 Å². The first kappa shape index (κ1) is 23.5.